The fourth-order valence-electron chi connectivity index (χ4n) is 2.56. The van der Waals surface area contributed by atoms with E-state index in [-0.39, 0.29) is 17.6 Å². The van der Waals surface area contributed by atoms with Crippen molar-refractivity contribution in [1.29, 1.82) is 0 Å². The van der Waals surface area contributed by atoms with Gasteiger partial charge in [-0.2, -0.15) is 5.10 Å². The van der Waals surface area contributed by atoms with Crippen molar-refractivity contribution >= 4 is 5.82 Å². The molecule has 0 aromatic carbocycles. The van der Waals surface area contributed by atoms with Gasteiger partial charge >= 0.3 is 0 Å². The SMILES string of the molecule is CC(C)(C)Cc1cc(N)n(C2CCCC2O)n1. The van der Waals surface area contributed by atoms with Gasteiger partial charge < -0.3 is 10.8 Å². The van der Waals surface area contributed by atoms with E-state index in [1.807, 2.05) is 10.7 Å². The van der Waals surface area contributed by atoms with Crippen molar-refractivity contribution in [2.24, 2.45) is 5.41 Å². The molecule has 1 heterocycles. The molecule has 1 aliphatic rings. The van der Waals surface area contributed by atoms with Crippen molar-refractivity contribution in [3.63, 3.8) is 0 Å². The third kappa shape index (κ3) is 2.80. The Bertz CT molecular complexity index is 392. The van der Waals surface area contributed by atoms with E-state index in [9.17, 15) is 5.11 Å². The Morgan fingerprint density at radius 1 is 1.47 bits per heavy atom. The molecule has 1 aliphatic carbocycles. The van der Waals surface area contributed by atoms with Crippen LogP contribution in [0.4, 0.5) is 5.82 Å². The summed E-state index contributed by atoms with van der Waals surface area (Å²) >= 11 is 0. The number of nitrogen functional groups attached to an aromatic ring is 1. The van der Waals surface area contributed by atoms with E-state index >= 15 is 0 Å². The molecule has 4 heteroatoms. The number of nitrogens with two attached hydrogens (primary N) is 1. The highest BCUT2D eigenvalue weighted by Crippen LogP contribution is 2.32. The van der Waals surface area contributed by atoms with Gasteiger partial charge in [0.15, 0.2) is 0 Å². The molecule has 2 atom stereocenters. The molecule has 2 rings (SSSR count). The zero-order chi connectivity index (χ0) is 12.6. The Morgan fingerprint density at radius 3 is 2.71 bits per heavy atom. The third-order valence-corrected chi connectivity index (χ3v) is 3.28. The van der Waals surface area contributed by atoms with Crippen molar-refractivity contribution in [3.8, 4) is 0 Å². The molecule has 1 aromatic rings. The zero-order valence-electron chi connectivity index (χ0n) is 11.0. The molecule has 0 bridgehead atoms. The van der Waals surface area contributed by atoms with Crippen molar-refractivity contribution in [3.05, 3.63) is 11.8 Å². The van der Waals surface area contributed by atoms with Crippen LogP contribution >= 0.6 is 0 Å². The molecular weight excluding hydrogens is 214 g/mol. The first-order valence-corrected chi connectivity index (χ1v) is 6.39. The summed E-state index contributed by atoms with van der Waals surface area (Å²) in [6.45, 7) is 6.56. The van der Waals surface area contributed by atoms with Crippen LogP contribution in [0.25, 0.3) is 0 Å². The van der Waals surface area contributed by atoms with Crippen molar-refractivity contribution < 1.29 is 5.11 Å². The smallest absolute Gasteiger partial charge is 0.122 e. The van der Waals surface area contributed by atoms with E-state index in [2.05, 4.69) is 25.9 Å². The highest BCUT2D eigenvalue weighted by atomic mass is 16.3. The first-order chi connectivity index (χ1) is 7.87. The standard InChI is InChI=1S/C13H23N3O/c1-13(2,3)8-9-7-12(14)16(15-9)10-5-4-6-11(10)17/h7,10-11,17H,4-6,8,14H2,1-3H3. The van der Waals surface area contributed by atoms with E-state index in [1.54, 1.807) is 0 Å². The van der Waals surface area contributed by atoms with Gasteiger partial charge in [0.2, 0.25) is 0 Å². The number of hydrogen-bond acceptors (Lipinski definition) is 3. The highest BCUT2D eigenvalue weighted by Gasteiger charge is 2.29. The third-order valence-electron chi connectivity index (χ3n) is 3.28. The Morgan fingerprint density at radius 2 is 2.18 bits per heavy atom. The monoisotopic (exact) mass is 237 g/mol. The van der Waals surface area contributed by atoms with Crippen molar-refractivity contribution in [2.45, 2.75) is 58.6 Å². The fourth-order valence-corrected chi connectivity index (χ4v) is 2.56. The summed E-state index contributed by atoms with van der Waals surface area (Å²) in [6, 6.07) is 2.01. The summed E-state index contributed by atoms with van der Waals surface area (Å²) in [7, 11) is 0. The minimum absolute atomic E-state index is 0.0729. The number of hydrogen-bond donors (Lipinski definition) is 2. The summed E-state index contributed by atoms with van der Waals surface area (Å²) in [6.07, 6.45) is 3.51. The molecule has 2 unspecified atom stereocenters. The minimum atomic E-state index is -0.292. The summed E-state index contributed by atoms with van der Waals surface area (Å²) in [4.78, 5) is 0. The lowest BCUT2D eigenvalue weighted by Gasteiger charge is -2.17. The topological polar surface area (TPSA) is 64.1 Å². The van der Waals surface area contributed by atoms with Crippen LogP contribution in [0.5, 0.6) is 0 Å². The summed E-state index contributed by atoms with van der Waals surface area (Å²) in [5, 5.41) is 14.5. The molecule has 0 spiro atoms. The summed E-state index contributed by atoms with van der Waals surface area (Å²) < 4.78 is 1.82. The largest absolute Gasteiger partial charge is 0.391 e. The highest BCUT2D eigenvalue weighted by molar-refractivity contribution is 5.32. The lowest BCUT2D eigenvalue weighted by atomic mass is 9.91. The number of aliphatic hydroxyl groups is 1. The molecule has 0 amide bonds. The van der Waals surface area contributed by atoms with Gasteiger partial charge in [-0.3, -0.25) is 0 Å². The van der Waals surface area contributed by atoms with Gasteiger partial charge in [0.25, 0.3) is 0 Å². The molecule has 1 fully saturated rings. The quantitative estimate of drug-likeness (QED) is 0.828. The molecule has 1 aromatic heterocycles. The van der Waals surface area contributed by atoms with Gasteiger partial charge in [-0.25, -0.2) is 4.68 Å². The fraction of sp³-hybridized carbons (Fsp3) is 0.769. The average molecular weight is 237 g/mol. The van der Waals surface area contributed by atoms with Crippen LogP contribution in [-0.4, -0.2) is 21.0 Å². The van der Waals surface area contributed by atoms with Gasteiger partial charge in [-0.05, 0) is 31.1 Å². The lowest BCUT2D eigenvalue weighted by molar-refractivity contribution is 0.131. The lowest BCUT2D eigenvalue weighted by Crippen LogP contribution is -2.21. The molecule has 17 heavy (non-hydrogen) atoms. The Hall–Kier alpha value is -1.03. The molecule has 0 radical (unpaired) electrons. The maximum absolute atomic E-state index is 9.89. The predicted octanol–water partition coefficient (Wildman–Crippen LogP) is 2.14. The van der Waals surface area contributed by atoms with Crippen LogP contribution in [-0.2, 0) is 6.42 Å². The molecule has 4 nitrogen and oxygen atoms in total. The molecule has 96 valence electrons. The van der Waals surface area contributed by atoms with Gasteiger partial charge in [-0.15, -0.1) is 0 Å². The first kappa shape index (κ1) is 12.4. The zero-order valence-corrected chi connectivity index (χ0v) is 11.0. The van der Waals surface area contributed by atoms with Gasteiger partial charge in [0, 0.05) is 6.07 Å². The van der Waals surface area contributed by atoms with Gasteiger partial charge in [0.05, 0.1) is 17.8 Å². The normalized spacial score (nSPS) is 25.4. The number of aliphatic hydroxyl groups excluding tert-OH is 1. The van der Waals surface area contributed by atoms with E-state index in [4.69, 9.17) is 5.73 Å². The predicted molar refractivity (Wildman–Crippen MR) is 68.7 cm³/mol. The van der Waals surface area contributed by atoms with Crippen LogP contribution in [0.15, 0.2) is 6.07 Å². The average Bonchev–Trinajstić information content (AvgIpc) is 2.70. The second kappa shape index (κ2) is 4.33. The van der Waals surface area contributed by atoms with E-state index in [1.165, 1.54) is 0 Å². The number of aromatic nitrogens is 2. The van der Waals surface area contributed by atoms with Crippen LogP contribution in [0, 0.1) is 5.41 Å². The molecule has 3 N–H and O–H groups in total. The van der Waals surface area contributed by atoms with Crippen molar-refractivity contribution in [1.82, 2.24) is 9.78 Å². The molecule has 0 saturated heterocycles. The minimum Gasteiger partial charge on any atom is -0.391 e. The summed E-state index contributed by atoms with van der Waals surface area (Å²) in [5.74, 6) is 0.676. The van der Waals surface area contributed by atoms with Crippen LogP contribution < -0.4 is 5.73 Å². The Balaban J connectivity index is 2.19. The van der Waals surface area contributed by atoms with Gasteiger partial charge in [0.1, 0.15) is 5.82 Å². The molecule has 0 aliphatic heterocycles. The van der Waals surface area contributed by atoms with Gasteiger partial charge in [-0.1, -0.05) is 20.8 Å². The number of anilines is 1. The van der Waals surface area contributed by atoms with Crippen LogP contribution in [0.2, 0.25) is 0 Å². The first-order valence-electron chi connectivity index (χ1n) is 6.39. The van der Waals surface area contributed by atoms with Crippen LogP contribution in [0.1, 0.15) is 51.8 Å². The van der Waals surface area contributed by atoms with E-state index in [0.29, 0.717) is 5.82 Å². The second-order valence-corrected chi connectivity index (χ2v) is 6.31. The number of nitrogens with zero attached hydrogens (tertiary/aromatic N) is 2. The van der Waals surface area contributed by atoms with Crippen molar-refractivity contribution in [2.75, 3.05) is 5.73 Å². The van der Waals surface area contributed by atoms with E-state index < -0.39 is 0 Å². The Labute approximate surface area is 103 Å². The Kier molecular flexibility index (Phi) is 3.17. The number of rotatable bonds is 2. The second-order valence-electron chi connectivity index (χ2n) is 6.31. The summed E-state index contributed by atoms with van der Waals surface area (Å²) in [5.41, 5.74) is 7.22. The van der Waals surface area contributed by atoms with Crippen LogP contribution in [0.3, 0.4) is 0 Å². The molecular formula is C13H23N3O. The molecule has 1 saturated carbocycles. The maximum atomic E-state index is 9.89. The van der Waals surface area contributed by atoms with E-state index in [0.717, 1.165) is 31.4 Å². The maximum Gasteiger partial charge on any atom is 0.122 e.